The van der Waals surface area contributed by atoms with Gasteiger partial charge in [0.15, 0.2) is 5.89 Å². The van der Waals surface area contributed by atoms with Crippen molar-refractivity contribution >= 4 is 30.8 Å². The molecule has 3 aromatic rings. The van der Waals surface area contributed by atoms with Crippen LogP contribution in [0.25, 0.3) is 11.3 Å². The predicted molar refractivity (Wildman–Crippen MR) is 139 cm³/mol. The maximum absolute atomic E-state index is 12.6. The summed E-state index contributed by atoms with van der Waals surface area (Å²) in [5, 5.41) is 2.26. The van der Waals surface area contributed by atoms with Crippen LogP contribution in [0.2, 0.25) is 5.02 Å². The number of benzene rings is 2. The van der Waals surface area contributed by atoms with Crippen molar-refractivity contribution in [2.75, 3.05) is 5.32 Å². The molecule has 0 saturated heterocycles. The SMILES string of the molecule is CCCc1nc(-c2ccc(Cl)cc2)c(CCC(=O)Nc2ccc(C(CC)(CC)P(=O)(O)O)cc2)o1. The molecule has 35 heavy (non-hydrogen) atoms. The summed E-state index contributed by atoms with van der Waals surface area (Å²) in [4.78, 5) is 37.2. The third-order valence-electron chi connectivity index (χ3n) is 6.34. The molecule has 1 aromatic heterocycles. The largest absolute Gasteiger partial charge is 0.445 e. The van der Waals surface area contributed by atoms with Gasteiger partial charge < -0.3 is 19.5 Å². The van der Waals surface area contributed by atoms with Gasteiger partial charge in [-0.1, -0.05) is 56.6 Å². The summed E-state index contributed by atoms with van der Waals surface area (Å²) in [6, 6.07) is 14.1. The van der Waals surface area contributed by atoms with E-state index in [-0.39, 0.29) is 12.3 Å². The minimum absolute atomic E-state index is 0.194. The third-order valence-corrected chi connectivity index (χ3v) is 8.59. The molecule has 0 bridgehead atoms. The Labute approximate surface area is 211 Å². The Balaban J connectivity index is 1.71. The van der Waals surface area contributed by atoms with Crippen molar-refractivity contribution in [2.24, 2.45) is 0 Å². The number of carbonyl (C=O) groups is 1. The summed E-state index contributed by atoms with van der Waals surface area (Å²) in [5.74, 6) is 1.10. The second-order valence-corrected chi connectivity index (χ2v) is 10.9. The van der Waals surface area contributed by atoms with Crippen molar-refractivity contribution in [1.29, 1.82) is 0 Å². The first-order chi connectivity index (χ1) is 16.6. The van der Waals surface area contributed by atoms with Crippen molar-refractivity contribution in [3.05, 3.63) is 70.8 Å². The molecule has 7 nitrogen and oxygen atoms in total. The lowest BCUT2D eigenvalue weighted by molar-refractivity contribution is -0.116. The Morgan fingerprint density at radius 2 is 1.66 bits per heavy atom. The summed E-state index contributed by atoms with van der Waals surface area (Å²) in [5.41, 5.74) is 2.72. The molecule has 0 aliphatic heterocycles. The normalized spacial score (nSPS) is 12.1. The van der Waals surface area contributed by atoms with Gasteiger partial charge in [0.25, 0.3) is 0 Å². The van der Waals surface area contributed by atoms with Gasteiger partial charge in [-0.2, -0.15) is 0 Å². The number of anilines is 1. The van der Waals surface area contributed by atoms with Crippen LogP contribution in [0.15, 0.2) is 52.9 Å². The molecule has 1 heterocycles. The average Bonchev–Trinajstić information content (AvgIpc) is 3.22. The summed E-state index contributed by atoms with van der Waals surface area (Å²) >= 11 is 6.01. The summed E-state index contributed by atoms with van der Waals surface area (Å²) in [6.45, 7) is 5.59. The molecule has 188 valence electrons. The van der Waals surface area contributed by atoms with Crippen LogP contribution in [-0.4, -0.2) is 20.7 Å². The quantitative estimate of drug-likeness (QED) is 0.243. The number of rotatable bonds is 11. The first kappa shape index (κ1) is 27.2. The van der Waals surface area contributed by atoms with Gasteiger partial charge in [0.2, 0.25) is 5.91 Å². The van der Waals surface area contributed by atoms with E-state index in [2.05, 4.69) is 17.2 Å². The lowest BCUT2D eigenvalue weighted by Crippen LogP contribution is -2.24. The Bertz CT molecular complexity index is 1180. The van der Waals surface area contributed by atoms with Crippen LogP contribution in [0.1, 0.15) is 63.7 Å². The van der Waals surface area contributed by atoms with E-state index in [4.69, 9.17) is 16.0 Å². The van der Waals surface area contributed by atoms with E-state index < -0.39 is 12.8 Å². The zero-order valence-electron chi connectivity index (χ0n) is 20.3. The average molecular weight is 519 g/mol. The molecular formula is C26H32ClN2O5P. The maximum Gasteiger partial charge on any atom is 0.335 e. The molecule has 3 N–H and O–H groups in total. The number of halogens is 1. The van der Waals surface area contributed by atoms with Crippen molar-refractivity contribution in [3.8, 4) is 11.3 Å². The molecule has 0 aliphatic carbocycles. The van der Waals surface area contributed by atoms with Gasteiger partial charge in [0, 0.05) is 35.5 Å². The molecule has 0 fully saturated rings. The highest BCUT2D eigenvalue weighted by atomic mass is 35.5. The van der Waals surface area contributed by atoms with Gasteiger partial charge in [-0.25, -0.2) is 4.98 Å². The van der Waals surface area contributed by atoms with Crippen LogP contribution in [-0.2, 0) is 27.4 Å². The van der Waals surface area contributed by atoms with E-state index >= 15 is 0 Å². The molecule has 0 unspecified atom stereocenters. The van der Waals surface area contributed by atoms with E-state index in [1.165, 1.54) is 0 Å². The third kappa shape index (κ3) is 6.22. The van der Waals surface area contributed by atoms with E-state index in [0.29, 0.717) is 53.6 Å². The maximum atomic E-state index is 12.6. The zero-order chi connectivity index (χ0) is 25.6. The summed E-state index contributed by atoms with van der Waals surface area (Å²) < 4.78 is 18.1. The van der Waals surface area contributed by atoms with Gasteiger partial charge in [-0.05, 0) is 49.1 Å². The topological polar surface area (TPSA) is 113 Å². The van der Waals surface area contributed by atoms with E-state index in [0.717, 1.165) is 17.7 Å². The predicted octanol–water partition coefficient (Wildman–Crippen LogP) is 6.71. The molecular weight excluding hydrogens is 487 g/mol. The summed E-state index contributed by atoms with van der Waals surface area (Å²) in [6.07, 6.45) is 2.81. The van der Waals surface area contributed by atoms with Crippen molar-refractivity contribution in [1.82, 2.24) is 4.98 Å². The fourth-order valence-electron chi connectivity index (χ4n) is 4.28. The Hall–Kier alpha value is -2.44. The van der Waals surface area contributed by atoms with Gasteiger partial charge in [0.05, 0.1) is 5.16 Å². The number of aryl methyl sites for hydroxylation is 2. The number of hydrogen-bond donors (Lipinski definition) is 3. The van der Waals surface area contributed by atoms with Gasteiger partial charge in [-0.3, -0.25) is 9.36 Å². The minimum Gasteiger partial charge on any atom is -0.445 e. The highest BCUT2D eigenvalue weighted by Crippen LogP contribution is 2.60. The van der Waals surface area contributed by atoms with Gasteiger partial charge >= 0.3 is 7.60 Å². The molecule has 9 heteroatoms. The van der Waals surface area contributed by atoms with Crippen molar-refractivity contribution in [2.45, 2.75) is 64.5 Å². The molecule has 3 rings (SSSR count). The number of aromatic nitrogens is 1. The molecule has 0 saturated carbocycles. The fourth-order valence-corrected chi connectivity index (χ4v) is 5.71. The molecule has 1 amide bonds. The first-order valence-corrected chi connectivity index (χ1v) is 13.8. The number of amides is 1. The van der Waals surface area contributed by atoms with Crippen LogP contribution >= 0.6 is 19.2 Å². The Morgan fingerprint density at radius 1 is 1.03 bits per heavy atom. The molecule has 2 aromatic carbocycles. The number of carbonyl (C=O) groups excluding carboxylic acids is 1. The monoisotopic (exact) mass is 518 g/mol. The van der Waals surface area contributed by atoms with Gasteiger partial charge in [-0.15, -0.1) is 0 Å². The highest BCUT2D eigenvalue weighted by Gasteiger charge is 2.45. The van der Waals surface area contributed by atoms with Crippen molar-refractivity contribution < 1.29 is 23.6 Å². The molecule has 0 spiro atoms. The molecule has 0 radical (unpaired) electrons. The van der Waals surface area contributed by atoms with E-state index in [1.807, 2.05) is 12.1 Å². The number of nitrogens with one attached hydrogen (secondary N) is 1. The lowest BCUT2D eigenvalue weighted by atomic mass is 9.92. The second kappa shape index (κ2) is 11.5. The van der Waals surface area contributed by atoms with Gasteiger partial charge in [0.1, 0.15) is 11.5 Å². The van der Waals surface area contributed by atoms with Crippen LogP contribution < -0.4 is 5.32 Å². The smallest absolute Gasteiger partial charge is 0.335 e. The highest BCUT2D eigenvalue weighted by molar-refractivity contribution is 7.53. The number of nitrogens with zero attached hydrogens (tertiary/aromatic N) is 1. The second-order valence-electron chi connectivity index (χ2n) is 8.54. The Morgan fingerprint density at radius 3 is 2.20 bits per heavy atom. The summed E-state index contributed by atoms with van der Waals surface area (Å²) in [7, 11) is -4.36. The standard InChI is InChI=1S/C26H32ClN2O5P/c1-4-7-24-29-25(18-8-12-20(27)13-9-18)22(34-24)16-17-23(30)28-21-14-10-19(11-15-21)26(5-2,6-3)35(31,32)33/h8-15H,4-7,16-17H2,1-3H3,(H,28,30)(H2,31,32,33). The Kier molecular flexibility index (Phi) is 8.94. The zero-order valence-corrected chi connectivity index (χ0v) is 21.9. The fraction of sp³-hybridized carbons (Fsp3) is 0.385. The molecule has 0 atom stereocenters. The van der Waals surface area contributed by atoms with Crippen LogP contribution in [0, 0.1) is 0 Å². The minimum atomic E-state index is -4.36. The van der Waals surface area contributed by atoms with Crippen LogP contribution in [0.4, 0.5) is 5.69 Å². The number of oxazole rings is 1. The number of hydrogen-bond acceptors (Lipinski definition) is 4. The van der Waals surface area contributed by atoms with Crippen molar-refractivity contribution in [3.63, 3.8) is 0 Å². The first-order valence-electron chi connectivity index (χ1n) is 11.8. The van der Waals surface area contributed by atoms with Crippen LogP contribution in [0.3, 0.4) is 0 Å². The van der Waals surface area contributed by atoms with Crippen LogP contribution in [0.5, 0.6) is 0 Å². The van der Waals surface area contributed by atoms with E-state index in [9.17, 15) is 19.1 Å². The molecule has 0 aliphatic rings. The lowest BCUT2D eigenvalue weighted by Gasteiger charge is -2.33. The van der Waals surface area contributed by atoms with E-state index in [1.54, 1.807) is 50.2 Å².